The van der Waals surface area contributed by atoms with Crippen LogP contribution in [0.2, 0.25) is 0 Å². The lowest BCUT2D eigenvalue weighted by Gasteiger charge is -2.20. The van der Waals surface area contributed by atoms with Crippen LogP contribution in [-0.2, 0) is 0 Å². The molecule has 4 heteroatoms. The minimum Gasteiger partial charge on any atom is -0.491 e. The van der Waals surface area contributed by atoms with E-state index in [-0.39, 0.29) is 18.0 Å². The van der Waals surface area contributed by atoms with Crippen LogP contribution in [0.25, 0.3) is 0 Å². The summed E-state index contributed by atoms with van der Waals surface area (Å²) in [6.45, 7) is 5.90. The van der Waals surface area contributed by atoms with Gasteiger partial charge < -0.3 is 4.74 Å². The number of halogens is 1. The van der Waals surface area contributed by atoms with Crippen molar-refractivity contribution in [2.24, 2.45) is 5.84 Å². The Kier molecular flexibility index (Phi) is 4.94. The molecule has 0 aliphatic heterocycles. The van der Waals surface area contributed by atoms with Gasteiger partial charge in [0.25, 0.3) is 0 Å². The number of hydrazine groups is 1. The van der Waals surface area contributed by atoms with E-state index >= 15 is 0 Å². The van der Waals surface area contributed by atoms with Gasteiger partial charge in [-0.15, -0.1) is 0 Å². The van der Waals surface area contributed by atoms with Crippen molar-refractivity contribution in [3.63, 3.8) is 0 Å². The number of ether oxygens (including phenoxy) is 1. The van der Waals surface area contributed by atoms with Gasteiger partial charge in [-0.2, -0.15) is 0 Å². The molecule has 0 amide bonds. The van der Waals surface area contributed by atoms with Crippen LogP contribution >= 0.6 is 0 Å². The second-order valence-electron chi connectivity index (χ2n) is 5.34. The van der Waals surface area contributed by atoms with Crippen molar-refractivity contribution >= 4 is 0 Å². The number of hydrogen-bond donors (Lipinski definition) is 2. The maximum absolute atomic E-state index is 13.5. The van der Waals surface area contributed by atoms with Gasteiger partial charge in [-0.3, -0.25) is 5.84 Å². The topological polar surface area (TPSA) is 47.3 Å². The third-order valence-corrected chi connectivity index (χ3v) is 3.30. The first-order chi connectivity index (χ1) is 10.0. The van der Waals surface area contributed by atoms with Crippen molar-refractivity contribution in [2.45, 2.75) is 32.9 Å². The molecule has 0 saturated carbocycles. The van der Waals surface area contributed by atoms with Gasteiger partial charge in [-0.05, 0) is 61.7 Å². The molecule has 1 atom stereocenters. The van der Waals surface area contributed by atoms with Gasteiger partial charge >= 0.3 is 0 Å². The summed E-state index contributed by atoms with van der Waals surface area (Å²) in [6, 6.07) is 12.1. The molecule has 0 heterocycles. The van der Waals surface area contributed by atoms with Gasteiger partial charge in [0, 0.05) is 0 Å². The van der Waals surface area contributed by atoms with Gasteiger partial charge in [0.05, 0.1) is 12.1 Å². The molecule has 0 bridgehead atoms. The number of aryl methyl sites for hydroxylation is 1. The molecule has 3 nitrogen and oxygen atoms in total. The van der Waals surface area contributed by atoms with Crippen LogP contribution in [0.3, 0.4) is 0 Å². The summed E-state index contributed by atoms with van der Waals surface area (Å²) < 4.78 is 19.1. The van der Waals surface area contributed by atoms with E-state index in [1.165, 1.54) is 12.1 Å². The molecular weight excluding hydrogens is 267 g/mol. The predicted molar refractivity (Wildman–Crippen MR) is 82.5 cm³/mol. The van der Waals surface area contributed by atoms with Gasteiger partial charge in [-0.25, -0.2) is 9.82 Å². The molecular formula is C17H21FN2O. The quantitative estimate of drug-likeness (QED) is 0.654. The van der Waals surface area contributed by atoms with Crippen LogP contribution in [0.1, 0.15) is 36.6 Å². The highest BCUT2D eigenvalue weighted by Gasteiger charge is 2.15. The summed E-state index contributed by atoms with van der Waals surface area (Å²) in [5.74, 6) is 6.21. The molecule has 3 N–H and O–H groups in total. The lowest BCUT2D eigenvalue weighted by Crippen LogP contribution is -2.29. The minimum atomic E-state index is -0.268. The monoisotopic (exact) mass is 288 g/mol. The SMILES string of the molecule is Cc1ccc(F)cc1C(NN)c1ccc(OC(C)C)cc1. The molecule has 2 rings (SSSR count). The fourth-order valence-corrected chi connectivity index (χ4v) is 2.30. The average molecular weight is 288 g/mol. The van der Waals surface area contributed by atoms with E-state index in [0.717, 1.165) is 22.4 Å². The molecule has 112 valence electrons. The smallest absolute Gasteiger partial charge is 0.123 e. The fourth-order valence-electron chi connectivity index (χ4n) is 2.30. The largest absolute Gasteiger partial charge is 0.491 e. The number of nitrogens with one attached hydrogen (secondary N) is 1. The summed E-state index contributed by atoms with van der Waals surface area (Å²) in [5.41, 5.74) is 5.53. The standard InChI is InChI=1S/C17H21FN2O/c1-11(2)21-15-8-5-13(6-9-15)17(20-19)16-10-14(18)7-4-12(16)3/h4-11,17,20H,19H2,1-3H3. The van der Waals surface area contributed by atoms with Crippen molar-refractivity contribution < 1.29 is 9.13 Å². The van der Waals surface area contributed by atoms with Gasteiger partial charge in [0.2, 0.25) is 0 Å². The number of hydrogen-bond acceptors (Lipinski definition) is 3. The molecule has 1 unspecified atom stereocenters. The normalized spacial score (nSPS) is 12.5. The predicted octanol–water partition coefficient (Wildman–Crippen LogP) is 3.47. The van der Waals surface area contributed by atoms with E-state index in [9.17, 15) is 4.39 Å². The van der Waals surface area contributed by atoms with Crippen molar-refractivity contribution in [3.8, 4) is 5.75 Å². The molecule has 0 radical (unpaired) electrons. The second-order valence-corrected chi connectivity index (χ2v) is 5.34. The lowest BCUT2D eigenvalue weighted by atomic mass is 9.95. The summed E-state index contributed by atoms with van der Waals surface area (Å²) in [5, 5.41) is 0. The third-order valence-electron chi connectivity index (χ3n) is 3.30. The van der Waals surface area contributed by atoms with Crippen LogP contribution in [0.15, 0.2) is 42.5 Å². The van der Waals surface area contributed by atoms with Crippen LogP contribution in [0.4, 0.5) is 4.39 Å². The zero-order chi connectivity index (χ0) is 15.4. The number of nitrogens with two attached hydrogens (primary N) is 1. The van der Waals surface area contributed by atoms with Crippen molar-refractivity contribution in [3.05, 3.63) is 65.0 Å². The Morgan fingerprint density at radius 3 is 2.33 bits per heavy atom. The van der Waals surface area contributed by atoms with E-state index in [0.29, 0.717) is 0 Å². The molecule has 2 aromatic carbocycles. The maximum Gasteiger partial charge on any atom is 0.123 e. The van der Waals surface area contributed by atoms with Crippen LogP contribution in [0.5, 0.6) is 5.75 Å². The molecule has 0 spiro atoms. The Labute approximate surface area is 124 Å². The Morgan fingerprint density at radius 2 is 1.76 bits per heavy atom. The first-order valence-electron chi connectivity index (χ1n) is 7.00. The second kappa shape index (κ2) is 6.70. The minimum absolute atomic E-state index is 0.129. The lowest BCUT2D eigenvalue weighted by molar-refractivity contribution is 0.242. The van der Waals surface area contributed by atoms with Crippen LogP contribution in [-0.4, -0.2) is 6.10 Å². The number of benzene rings is 2. The van der Waals surface area contributed by atoms with Crippen LogP contribution in [0, 0.1) is 12.7 Å². The molecule has 0 aliphatic carbocycles. The highest BCUT2D eigenvalue weighted by atomic mass is 19.1. The highest BCUT2D eigenvalue weighted by molar-refractivity contribution is 5.39. The zero-order valence-electron chi connectivity index (χ0n) is 12.6. The average Bonchev–Trinajstić information content (AvgIpc) is 2.44. The molecule has 0 saturated heterocycles. The van der Waals surface area contributed by atoms with Crippen LogP contribution < -0.4 is 16.0 Å². The molecule has 0 fully saturated rings. The van der Waals surface area contributed by atoms with Crippen molar-refractivity contribution in [1.29, 1.82) is 0 Å². The van der Waals surface area contributed by atoms with Crippen molar-refractivity contribution in [2.75, 3.05) is 0 Å². The van der Waals surface area contributed by atoms with Gasteiger partial charge in [0.15, 0.2) is 0 Å². The summed E-state index contributed by atoms with van der Waals surface area (Å²) >= 11 is 0. The van der Waals surface area contributed by atoms with E-state index in [4.69, 9.17) is 10.6 Å². The van der Waals surface area contributed by atoms with E-state index in [2.05, 4.69) is 5.43 Å². The first-order valence-corrected chi connectivity index (χ1v) is 7.00. The van der Waals surface area contributed by atoms with Crippen molar-refractivity contribution in [1.82, 2.24) is 5.43 Å². The first kappa shape index (κ1) is 15.5. The van der Waals surface area contributed by atoms with E-state index in [1.54, 1.807) is 6.07 Å². The van der Waals surface area contributed by atoms with Gasteiger partial charge in [-0.1, -0.05) is 18.2 Å². The van der Waals surface area contributed by atoms with E-state index in [1.807, 2.05) is 45.0 Å². The number of rotatable bonds is 5. The molecule has 21 heavy (non-hydrogen) atoms. The van der Waals surface area contributed by atoms with Gasteiger partial charge in [0.1, 0.15) is 11.6 Å². The maximum atomic E-state index is 13.5. The van der Waals surface area contributed by atoms with E-state index < -0.39 is 0 Å². The highest BCUT2D eigenvalue weighted by Crippen LogP contribution is 2.26. The Morgan fingerprint density at radius 1 is 1.10 bits per heavy atom. The third kappa shape index (κ3) is 3.80. The Hall–Kier alpha value is -1.91. The summed E-state index contributed by atoms with van der Waals surface area (Å²) in [4.78, 5) is 0. The molecule has 0 aromatic heterocycles. The fraction of sp³-hybridized carbons (Fsp3) is 0.294. The summed E-state index contributed by atoms with van der Waals surface area (Å²) in [7, 11) is 0. The molecule has 2 aromatic rings. The Bertz CT molecular complexity index is 596. The zero-order valence-corrected chi connectivity index (χ0v) is 12.6. The molecule has 0 aliphatic rings. The summed E-state index contributed by atoms with van der Waals surface area (Å²) in [6.07, 6.45) is 0.129. The Balaban J connectivity index is 2.31.